The molecule has 3 aromatic heterocycles. The Morgan fingerprint density at radius 1 is 0.885 bits per heavy atom. The van der Waals surface area contributed by atoms with Gasteiger partial charge in [-0.3, -0.25) is 4.98 Å². The molecule has 0 spiro atoms. The zero-order valence-electron chi connectivity index (χ0n) is 14.5. The van der Waals surface area contributed by atoms with E-state index in [0.29, 0.717) is 0 Å². The van der Waals surface area contributed by atoms with Gasteiger partial charge in [0.15, 0.2) is 0 Å². The van der Waals surface area contributed by atoms with Crippen LogP contribution in [-0.2, 0) is 0 Å². The first-order valence-electron chi connectivity index (χ1n) is 8.56. The van der Waals surface area contributed by atoms with Crippen molar-refractivity contribution in [3.63, 3.8) is 0 Å². The minimum atomic E-state index is 0.804. The highest BCUT2D eigenvalue weighted by molar-refractivity contribution is 5.95. The van der Waals surface area contributed by atoms with Gasteiger partial charge in [-0.1, -0.05) is 18.2 Å². The minimum absolute atomic E-state index is 0.804. The number of anilines is 2. The lowest BCUT2D eigenvalue weighted by molar-refractivity contribution is 1.24. The fourth-order valence-electron chi connectivity index (χ4n) is 3.60. The maximum atomic E-state index is 4.98. The van der Waals surface area contributed by atoms with Crippen molar-refractivity contribution in [2.24, 2.45) is 0 Å². The number of aromatic amines is 1. The number of aromatic nitrogens is 4. The van der Waals surface area contributed by atoms with Crippen LogP contribution < -0.4 is 5.32 Å². The van der Waals surface area contributed by atoms with Gasteiger partial charge in [-0.05, 0) is 43.2 Å². The standard InChI is InChI=1S/C21H17N5/c1-12-5-3-6-13(2)17(12)21-25-18-14-7-4-9-23-20(14)24-16-8-10-22-11-15(16)19(18)26-21/h3-11H,1-2H3,(H,23,24)(H,25,26). The predicted molar refractivity (Wildman–Crippen MR) is 103 cm³/mol. The summed E-state index contributed by atoms with van der Waals surface area (Å²) in [5, 5.41) is 3.41. The second kappa shape index (κ2) is 5.52. The molecule has 5 rings (SSSR count). The molecular formula is C21H17N5. The molecule has 0 aliphatic carbocycles. The Bertz CT molecular complexity index is 1060. The number of rotatable bonds is 1. The number of fused-ring (bicyclic) bond motifs is 5. The first-order chi connectivity index (χ1) is 12.7. The third-order valence-electron chi connectivity index (χ3n) is 4.83. The lowest BCUT2D eigenvalue weighted by atomic mass is 10.0. The molecule has 126 valence electrons. The van der Waals surface area contributed by atoms with Gasteiger partial charge in [0, 0.05) is 35.3 Å². The van der Waals surface area contributed by atoms with E-state index >= 15 is 0 Å². The number of benzene rings is 1. The van der Waals surface area contributed by atoms with Crippen molar-refractivity contribution >= 4 is 11.5 Å². The monoisotopic (exact) mass is 339 g/mol. The van der Waals surface area contributed by atoms with Gasteiger partial charge in [-0.2, -0.15) is 0 Å². The van der Waals surface area contributed by atoms with Crippen LogP contribution >= 0.6 is 0 Å². The summed E-state index contributed by atoms with van der Waals surface area (Å²) in [7, 11) is 0. The van der Waals surface area contributed by atoms with E-state index in [-0.39, 0.29) is 0 Å². The van der Waals surface area contributed by atoms with Crippen LogP contribution in [0.15, 0.2) is 55.0 Å². The predicted octanol–water partition coefficient (Wildman–Crippen LogP) is 4.87. The van der Waals surface area contributed by atoms with Crippen molar-refractivity contribution in [3.8, 4) is 33.9 Å². The lowest BCUT2D eigenvalue weighted by Crippen LogP contribution is -1.96. The van der Waals surface area contributed by atoms with Crippen molar-refractivity contribution in [2.45, 2.75) is 13.8 Å². The molecule has 4 heterocycles. The summed E-state index contributed by atoms with van der Waals surface area (Å²) in [5.74, 6) is 1.68. The van der Waals surface area contributed by atoms with Crippen LogP contribution in [0, 0.1) is 13.8 Å². The molecule has 0 radical (unpaired) electrons. The van der Waals surface area contributed by atoms with Gasteiger partial charge in [-0.15, -0.1) is 0 Å². The van der Waals surface area contributed by atoms with E-state index in [1.165, 1.54) is 11.1 Å². The topological polar surface area (TPSA) is 66.5 Å². The van der Waals surface area contributed by atoms with Crippen molar-refractivity contribution < 1.29 is 0 Å². The fourth-order valence-corrected chi connectivity index (χ4v) is 3.60. The number of aryl methyl sites for hydroxylation is 2. The van der Waals surface area contributed by atoms with E-state index in [9.17, 15) is 0 Å². The second-order valence-corrected chi connectivity index (χ2v) is 6.52. The highest BCUT2D eigenvalue weighted by atomic mass is 15.0. The van der Waals surface area contributed by atoms with Gasteiger partial charge in [0.25, 0.3) is 0 Å². The van der Waals surface area contributed by atoms with E-state index in [0.717, 1.165) is 45.4 Å². The number of hydrogen-bond acceptors (Lipinski definition) is 4. The molecule has 0 fully saturated rings. The number of imidazole rings is 1. The Morgan fingerprint density at radius 3 is 2.58 bits per heavy atom. The Labute approximate surface area is 151 Å². The van der Waals surface area contributed by atoms with Crippen molar-refractivity contribution in [2.75, 3.05) is 5.32 Å². The molecule has 0 atom stereocenters. The Balaban J connectivity index is 1.84. The van der Waals surface area contributed by atoms with Crippen molar-refractivity contribution in [3.05, 3.63) is 66.1 Å². The highest BCUT2D eigenvalue weighted by Gasteiger charge is 2.24. The van der Waals surface area contributed by atoms with Crippen molar-refractivity contribution in [1.82, 2.24) is 19.9 Å². The minimum Gasteiger partial charge on any atom is -0.339 e. The zero-order chi connectivity index (χ0) is 17.7. The molecular weight excluding hydrogens is 322 g/mol. The quantitative estimate of drug-likeness (QED) is 0.457. The van der Waals surface area contributed by atoms with E-state index < -0.39 is 0 Å². The number of hydrogen-bond donors (Lipinski definition) is 2. The van der Waals surface area contributed by atoms with Crippen LogP contribution in [0.25, 0.3) is 33.9 Å². The molecule has 5 heteroatoms. The van der Waals surface area contributed by atoms with E-state index in [4.69, 9.17) is 4.98 Å². The molecule has 0 saturated heterocycles. The van der Waals surface area contributed by atoms with E-state index in [2.05, 4.69) is 52.3 Å². The molecule has 1 aromatic carbocycles. The first kappa shape index (κ1) is 14.8. The van der Waals surface area contributed by atoms with Gasteiger partial charge in [0.1, 0.15) is 17.3 Å². The number of nitrogens with zero attached hydrogens (tertiary/aromatic N) is 3. The summed E-state index contributed by atoms with van der Waals surface area (Å²) in [4.78, 5) is 17.3. The zero-order valence-corrected chi connectivity index (χ0v) is 14.5. The van der Waals surface area contributed by atoms with Gasteiger partial charge in [0.05, 0.1) is 11.4 Å². The van der Waals surface area contributed by atoms with E-state index in [1.54, 1.807) is 12.4 Å². The van der Waals surface area contributed by atoms with Crippen LogP contribution in [0.5, 0.6) is 0 Å². The molecule has 0 amide bonds. The van der Waals surface area contributed by atoms with E-state index in [1.807, 2.05) is 24.4 Å². The molecule has 1 aliphatic rings. The second-order valence-electron chi connectivity index (χ2n) is 6.52. The molecule has 4 aromatic rings. The number of pyridine rings is 2. The average Bonchev–Trinajstić information content (AvgIpc) is 3.02. The normalized spacial score (nSPS) is 11.8. The fraction of sp³-hybridized carbons (Fsp3) is 0.0952. The SMILES string of the molecule is Cc1cccc(C)c1-c1nc2c([nH]1)-c1cnccc1Nc1ncccc1-2. The summed E-state index contributed by atoms with van der Waals surface area (Å²) in [6, 6.07) is 12.2. The summed E-state index contributed by atoms with van der Waals surface area (Å²) in [5.41, 5.74) is 8.34. The van der Waals surface area contributed by atoms with Crippen LogP contribution in [0.1, 0.15) is 11.1 Å². The summed E-state index contributed by atoms with van der Waals surface area (Å²) >= 11 is 0. The third kappa shape index (κ3) is 2.14. The smallest absolute Gasteiger partial charge is 0.139 e. The van der Waals surface area contributed by atoms with Gasteiger partial charge >= 0.3 is 0 Å². The Morgan fingerprint density at radius 2 is 1.73 bits per heavy atom. The molecule has 5 nitrogen and oxygen atoms in total. The summed E-state index contributed by atoms with van der Waals surface area (Å²) < 4.78 is 0. The molecule has 0 saturated carbocycles. The largest absolute Gasteiger partial charge is 0.339 e. The number of nitrogens with one attached hydrogen (secondary N) is 2. The molecule has 2 N–H and O–H groups in total. The summed E-state index contributed by atoms with van der Waals surface area (Å²) in [6.45, 7) is 4.23. The molecule has 0 unspecified atom stereocenters. The third-order valence-corrected chi connectivity index (χ3v) is 4.83. The lowest BCUT2D eigenvalue weighted by Gasteiger charge is -2.09. The average molecular weight is 339 g/mol. The maximum absolute atomic E-state index is 4.98. The van der Waals surface area contributed by atoms with Crippen LogP contribution in [0.2, 0.25) is 0 Å². The first-order valence-corrected chi connectivity index (χ1v) is 8.56. The molecule has 26 heavy (non-hydrogen) atoms. The molecule has 1 aliphatic heterocycles. The number of H-pyrrole nitrogens is 1. The Kier molecular flexibility index (Phi) is 3.15. The van der Waals surface area contributed by atoms with Crippen molar-refractivity contribution in [1.29, 1.82) is 0 Å². The van der Waals surface area contributed by atoms with Crippen LogP contribution in [0.3, 0.4) is 0 Å². The van der Waals surface area contributed by atoms with Gasteiger partial charge < -0.3 is 10.3 Å². The molecule has 0 bridgehead atoms. The van der Waals surface area contributed by atoms with Crippen LogP contribution in [-0.4, -0.2) is 19.9 Å². The van der Waals surface area contributed by atoms with Gasteiger partial charge in [0.2, 0.25) is 0 Å². The highest BCUT2D eigenvalue weighted by Crippen LogP contribution is 2.43. The van der Waals surface area contributed by atoms with Gasteiger partial charge in [-0.25, -0.2) is 9.97 Å². The van der Waals surface area contributed by atoms with Crippen LogP contribution in [0.4, 0.5) is 11.5 Å². The maximum Gasteiger partial charge on any atom is 0.139 e. The summed E-state index contributed by atoms with van der Waals surface area (Å²) in [6.07, 6.45) is 5.43. The Hall–Kier alpha value is -3.47.